The van der Waals surface area contributed by atoms with Crippen LogP contribution in [-0.4, -0.2) is 22.4 Å². The zero-order chi connectivity index (χ0) is 20.1. The molecule has 0 bridgehead atoms. The first kappa shape index (κ1) is 21.1. The fourth-order valence-electron chi connectivity index (χ4n) is 3.03. The maximum Gasteiger partial charge on any atom is 0.264 e. The minimum atomic E-state index is -0.330. The Labute approximate surface area is 170 Å². The number of nitriles is 1. The van der Waals surface area contributed by atoms with E-state index in [0.29, 0.717) is 16.6 Å². The molecule has 0 saturated heterocycles. The molecule has 2 rings (SSSR count). The number of rotatable bonds is 6. The van der Waals surface area contributed by atoms with Crippen LogP contribution in [0.2, 0.25) is 10.0 Å². The van der Waals surface area contributed by atoms with Crippen molar-refractivity contribution in [1.82, 2.24) is 9.47 Å². The molecular formula is C21H23Cl2N3O. The number of aryl methyl sites for hydroxylation is 1. The van der Waals surface area contributed by atoms with Crippen molar-refractivity contribution in [1.29, 1.82) is 5.26 Å². The van der Waals surface area contributed by atoms with Gasteiger partial charge < -0.3 is 9.47 Å². The zero-order valence-corrected chi connectivity index (χ0v) is 17.5. The monoisotopic (exact) mass is 403 g/mol. The average Bonchev–Trinajstić information content (AvgIpc) is 2.90. The van der Waals surface area contributed by atoms with Crippen LogP contribution in [0.4, 0.5) is 0 Å². The van der Waals surface area contributed by atoms with Crippen molar-refractivity contribution in [3.8, 4) is 6.07 Å². The Balaban J connectivity index is 2.24. The SMILES string of the molecule is CCCn1c(C)cc(/C=C(\C#N)C(=O)N(C)Cc2ccc(Cl)c(Cl)c2)c1C. The lowest BCUT2D eigenvalue weighted by Crippen LogP contribution is -2.27. The zero-order valence-electron chi connectivity index (χ0n) is 16.0. The van der Waals surface area contributed by atoms with Gasteiger partial charge in [-0.1, -0.05) is 36.2 Å². The van der Waals surface area contributed by atoms with Crippen molar-refractivity contribution >= 4 is 35.2 Å². The van der Waals surface area contributed by atoms with Gasteiger partial charge in [-0.05, 0) is 55.7 Å². The third kappa shape index (κ3) is 4.94. The van der Waals surface area contributed by atoms with Crippen molar-refractivity contribution < 1.29 is 4.79 Å². The normalized spacial score (nSPS) is 11.4. The molecule has 0 saturated carbocycles. The van der Waals surface area contributed by atoms with Gasteiger partial charge in [0.2, 0.25) is 0 Å². The van der Waals surface area contributed by atoms with Gasteiger partial charge in [-0.25, -0.2) is 0 Å². The first-order chi connectivity index (χ1) is 12.8. The Bertz CT molecular complexity index is 922. The van der Waals surface area contributed by atoms with Crippen molar-refractivity contribution in [2.24, 2.45) is 0 Å². The molecule has 2 aromatic rings. The quantitative estimate of drug-likeness (QED) is 0.479. The predicted molar refractivity (Wildman–Crippen MR) is 111 cm³/mol. The second-order valence-electron chi connectivity index (χ2n) is 6.56. The van der Waals surface area contributed by atoms with Crippen LogP contribution in [0.3, 0.4) is 0 Å². The van der Waals surface area contributed by atoms with Gasteiger partial charge in [-0.15, -0.1) is 0 Å². The van der Waals surface area contributed by atoms with Crippen molar-refractivity contribution in [3.63, 3.8) is 0 Å². The summed E-state index contributed by atoms with van der Waals surface area (Å²) in [6.07, 6.45) is 2.69. The number of carbonyl (C=O) groups is 1. The Morgan fingerprint density at radius 1 is 1.26 bits per heavy atom. The molecule has 27 heavy (non-hydrogen) atoms. The molecule has 6 heteroatoms. The molecule has 1 amide bonds. The van der Waals surface area contributed by atoms with Crippen LogP contribution in [0.1, 0.15) is 35.9 Å². The van der Waals surface area contributed by atoms with Gasteiger partial charge in [-0.2, -0.15) is 5.26 Å². The van der Waals surface area contributed by atoms with E-state index in [2.05, 4.69) is 11.5 Å². The second kappa shape index (κ2) is 9.12. The summed E-state index contributed by atoms with van der Waals surface area (Å²) in [5, 5.41) is 10.4. The highest BCUT2D eigenvalue weighted by Crippen LogP contribution is 2.24. The van der Waals surface area contributed by atoms with Crippen LogP contribution in [-0.2, 0) is 17.9 Å². The third-order valence-corrected chi connectivity index (χ3v) is 5.20. The van der Waals surface area contributed by atoms with Crippen LogP contribution in [0.25, 0.3) is 6.08 Å². The van der Waals surface area contributed by atoms with E-state index in [4.69, 9.17) is 23.2 Å². The van der Waals surface area contributed by atoms with Crippen LogP contribution in [0.15, 0.2) is 29.8 Å². The number of aromatic nitrogens is 1. The number of benzene rings is 1. The molecule has 0 aliphatic carbocycles. The van der Waals surface area contributed by atoms with Gasteiger partial charge in [0.1, 0.15) is 11.6 Å². The van der Waals surface area contributed by atoms with E-state index >= 15 is 0 Å². The highest BCUT2D eigenvalue weighted by Gasteiger charge is 2.17. The molecule has 1 heterocycles. The van der Waals surface area contributed by atoms with Crippen molar-refractivity contribution in [3.05, 3.63) is 62.4 Å². The van der Waals surface area contributed by atoms with Crippen LogP contribution >= 0.6 is 23.2 Å². The van der Waals surface area contributed by atoms with E-state index in [1.165, 1.54) is 4.90 Å². The largest absolute Gasteiger partial charge is 0.349 e. The van der Waals surface area contributed by atoms with Gasteiger partial charge in [0.25, 0.3) is 5.91 Å². The van der Waals surface area contributed by atoms with Crippen molar-refractivity contribution in [2.75, 3.05) is 7.05 Å². The van der Waals surface area contributed by atoms with E-state index in [-0.39, 0.29) is 11.5 Å². The molecule has 4 nitrogen and oxygen atoms in total. The number of amides is 1. The summed E-state index contributed by atoms with van der Waals surface area (Å²) in [7, 11) is 1.66. The highest BCUT2D eigenvalue weighted by molar-refractivity contribution is 6.42. The lowest BCUT2D eigenvalue weighted by Gasteiger charge is -2.17. The number of halogens is 2. The molecule has 1 aromatic heterocycles. The molecule has 0 radical (unpaired) electrons. The lowest BCUT2D eigenvalue weighted by molar-refractivity contribution is -0.125. The minimum absolute atomic E-state index is 0.106. The van der Waals surface area contributed by atoms with Gasteiger partial charge in [-0.3, -0.25) is 4.79 Å². The van der Waals surface area contributed by atoms with Gasteiger partial charge in [0.15, 0.2) is 0 Å². The van der Waals surface area contributed by atoms with Gasteiger partial charge in [0, 0.05) is 31.5 Å². The Morgan fingerprint density at radius 2 is 1.96 bits per heavy atom. The predicted octanol–water partition coefficient (Wildman–Crippen LogP) is 5.39. The molecule has 0 unspecified atom stereocenters. The lowest BCUT2D eigenvalue weighted by atomic mass is 10.1. The standard InChI is InChI=1S/C21H23Cl2N3O/c1-5-8-26-14(2)9-17(15(26)3)11-18(12-24)21(27)25(4)13-16-6-7-19(22)20(23)10-16/h6-7,9-11H,5,8,13H2,1-4H3/b18-11+. The summed E-state index contributed by atoms with van der Waals surface area (Å²) < 4.78 is 2.20. The van der Waals surface area contributed by atoms with Gasteiger partial charge in [0.05, 0.1) is 10.0 Å². The molecular weight excluding hydrogens is 381 g/mol. The average molecular weight is 404 g/mol. The molecule has 0 spiro atoms. The van der Waals surface area contributed by atoms with Gasteiger partial charge >= 0.3 is 0 Å². The first-order valence-electron chi connectivity index (χ1n) is 8.76. The van der Waals surface area contributed by atoms with Crippen LogP contribution in [0, 0.1) is 25.2 Å². The summed E-state index contributed by atoms with van der Waals surface area (Å²) in [6.45, 7) is 7.41. The number of hydrogen-bond acceptors (Lipinski definition) is 2. The number of nitrogens with zero attached hydrogens (tertiary/aromatic N) is 3. The molecule has 0 fully saturated rings. The van der Waals surface area contributed by atoms with E-state index in [1.54, 1.807) is 25.3 Å². The van der Waals surface area contributed by atoms with E-state index in [1.807, 2.05) is 32.0 Å². The Morgan fingerprint density at radius 3 is 2.56 bits per heavy atom. The minimum Gasteiger partial charge on any atom is -0.349 e. The maximum atomic E-state index is 12.7. The third-order valence-electron chi connectivity index (χ3n) is 4.46. The summed E-state index contributed by atoms with van der Waals surface area (Å²) in [6, 6.07) is 9.28. The molecule has 0 atom stereocenters. The number of hydrogen-bond donors (Lipinski definition) is 0. The molecule has 0 N–H and O–H groups in total. The fourth-order valence-corrected chi connectivity index (χ4v) is 3.35. The maximum absolute atomic E-state index is 12.7. The molecule has 1 aromatic carbocycles. The Hall–Kier alpha value is -2.22. The molecule has 142 valence electrons. The topological polar surface area (TPSA) is 49.0 Å². The molecule has 0 aliphatic heterocycles. The fraction of sp³-hybridized carbons (Fsp3) is 0.333. The van der Waals surface area contributed by atoms with Crippen molar-refractivity contribution in [2.45, 2.75) is 40.3 Å². The van der Waals surface area contributed by atoms with Crippen LogP contribution in [0.5, 0.6) is 0 Å². The smallest absolute Gasteiger partial charge is 0.264 e. The summed E-state index contributed by atoms with van der Waals surface area (Å²) in [5.74, 6) is -0.330. The van der Waals surface area contributed by atoms with Crippen LogP contribution < -0.4 is 0 Å². The second-order valence-corrected chi connectivity index (χ2v) is 7.37. The first-order valence-corrected chi connectivity index (χ1v) is 9.52. The molecule has 0 aliphatic rings. The van der Waals surface area contributed by atoms with E-state index < -0.39 is 0 Å². The summed E-state index contributed by atoms with van der Waals surface area (Å²) in [4.78, 5) is 14.2. The van der Waals surface area contributed by atoms with E-state index in [9.17, 15) is 10.1 Å². The summed E-state index contributed by atoms with van der Waals surface area (Å²) in [5.41, 5.74) is 4.03. The highest BCUT2D eigenvalue weighted by atomic mass is 35.5. The number of carbonyl (C=O) groups excluding carboxylic acids is 1. The summed E-state index contributed by atoms with van der Waals surface area (Å²) >= 11 is 12.0. The Kier molecular flexibility index (Phi) is 7.12. The number of likely N-dealkylation sites (N-methyl/N-ethyl adjacent to an activating group) is 1. The van der Waals surface area contributed by atoms with E-state index in [0.717, 1.165) is 35.5 Å².